The second-order valence-electron chi connectivity index (χ2n) is 11.8. The van der Waals surface area contributed by atoms with Crippen LogP contribution >= 0.6 is 0 Å². The first-order valence-electron chi connectivity index (χ1n) is 16.9. The SMILES string of the molecule is CC(C)=CC(=O)NOC1CCCCO1.[C-]#[N+]c1ccc(-c2ccc(/C=C/C(=O)NO)cc2)cc1.[C-]#[N+]c1ccc(-c2ccc(/C=C/C(=O)OC)cc2)cc1. The van der Waals surface area contributed by atoms with Crippen molar-refractivity contribution in [1.29, 1.82) is 0 Å². The van der Waals surface area contributed by atoms with Crippen LogP contribution in [0.2, 0.25) is 0 Å². The number of ether oxygens (including phenoxy) is 2. The van der Waals surface area contributed by atoms with Crippen LogP contribution in [0.1, 0.15) is 44.2 Å². The smallest absolute Gasteiger partial charge is 0.330 e. The number of rotatable bonds is 9. The minimum Gasteiger partial charge on any atom is -0.466 e. The van der Waals surface area contributed by atoms with Crippen LogP contribution in [0.4, 0.5) is 11.4 Å². The second-order valence-corrected chi connectivity index (χ2v) is 11.8. The number of carbonyl (C=O) groups is 3. The molecule has 1 fully saturated rings. The van der Waals surface area contributed by atoms with Crippen LogP contribution in [0.15, 0.2) is 121 Å². The molecule has 4 aromatic rings. The molecular weight excluding hydrogens is 684 g/mol. The molecule has 3 N–H and O–H groups in total. The molecule has 2 amide bonds. The van der Waals surface area contributed by atoms with Gasteiger partial charge in [0.15, 0.2) is 17.7 Å². The number of esters is 1. The maximum absolute atomic E-state index is 11.1. The lowest BCUT2D eigenvalue weighted by molar-refractivity contribution is -0.198. The Labute approximate surface area is 315 Å². The molecule has 0 bridgehead atoms. The van der Waals surface area contributed by atoms with E-state index >= 15 is 0 Å². The summed E-state index contributed by atoms with van der Waals surface area (Å²) in [7, 11) is 1.35. The normalized spacial score (nSPS) is 13.1. The highest BCUT2D eigenvalue weighted by atomic mass is 16.8. The van der Waals surface area contributed by atoms with Gasteiger partial charge in [-0.15, -0.1) is 0 Å². The average molecular weight is 727 g/mol. The monoisotopic (exact) mass is 726 g/mol. The summed E-state index contributed by atoms with van der Waals surface area (Å²) in [5.74, 6) is -1.17. The molecule has 1 atom stereocenters. The summed E-state index contributed by atoms with van der Waals surface area (Å²) in [6, 6.07) is 30.2. The molecule has 0 radical (unpaired) electrons. The zero-order chi connectivity index (χ0) is 39.1. The maximum Gasteiger partial charge on any atom is 0.330 e. The van der Waals surface area contributed by atoms with Crippen molar-refractivity contribution in [2.24, 2.45) is 0 Å². The van der Waals surface area contributed by atoms with Gasteiger partial charge in [0, 0.05) is 31.3 Å². The number of hydroxylamine groups is 2. The Kier molecular flexibility index (Phi) is 17.8. The lowest BCUT2D eigenvalue weighted by Crippen LogP contribution is -2.32. The van der Waals surface area contributed by atoms with E-state index in [-0.39, 0.29) is 18.2 Å². The predicted octanol–water partition coefficient (Wildman–Crippen LogP) is 9.04. The second kappa shape index (κ2) is 23.0. The zero-order valence-corrected chi connectivity index (χ0v) is 30.3. The fourth-order valence-corrected chi connectivity index (χ4v) is 4.69. The van der Waals surface area contributed by atoms with E-state index in [0.29, 0.717) is 18.0 Å². The number of nitrogens with one attached hydrogen (secondary N) is 2. The van der Waals surface area contributed by atoms with E-state index < -0.39 is 5.91 Å². The Hall–Kier alpha value is -6.63. The number of nitrogens with zero attached hydrogens (tertiary/aromatic N) is 2. The van der Waals surface area contributed by atoms with E-state index in [0.717, 1.165) is 58.2 Å². The highest BCUT2D eigenvalue weighted by Crippen LogP contribution is 2.24. The van der Waals surface area contributed by atoms with Gasteiger partial charge in [-0.1, -0.05) is 103 Å². The van der Waals surface area contributed by atoms with Crippen molar-refractivity contribution >= 4 is 41.3 Å². The van der Waals surface area contributed by atoms with Gasteiger partial charge in [-0.2, -0.15) is 0 Å². The molecule has 0 saturated carbocycles. The van der Waals surface area contributed by atoms with Crippen LogP contribution < -0.4 is 11.0 Å². The Morgan fingerprint density at radius 1 is 0.722 bits per heavy atom. The van der Waals surface area contributed by atoms with Crippen LogP contribution in [0.25, 0.3) is 44.1 Å². The van der Waals surface area contributed by atoms with Crippen LogP contribution in [0.5, 0.6) is 0 Å². The number of allylic oxidation sites excluding steroid dienone is 1. The summed E-state index contributed by atoms with van der Waals surface area (Å²) in [5, 5.41) is 8.38. The Morgan fingerprint density at radius 3 is 1.57 bits per heavy atom. The Balaban J connectivity index is 0.000000222. The Morgan fingerprint density at radius 2 is 1.19 bits per heavy atom. The zero-order valence-electron chi connectivity index (χ0n) is 30.3. The van der Waals surface area contributed by atoms with E-state index in [1.54, 1.807) is 36.4 Å². The fraction of sp³-hybridized carbons (Fsp3) is 0.186. The minimum absolute atomic E-state index is 0.237. The predicted molar refractivity (Wildman–Crippen MR) is 209 cm³/mol. The number of benzene rings is 4. The van der Waals surface area contributed by atoms with Crippen LogP contribution in [-0.2, 0) is 28.7 Å². The molecule has 1 heterocycles. The summed E-state index contributed by atoms with van der Waals surface area (Å²) in [5.41, 5.74) is 12.0. The van der Waals surface area contributed by atoms with Gasteiger partial charge in [0.25, 0.3) is 11.8 Å². The number of methoxy groups -OCH3 is 1. The summed E-state index contributed by atoms with van der Waals surface area (Å²) in [4.78, 5) is 44.8. The highest BCUT2D eigenvalue weighted by Gasteiger charge is 2.15. The molecule has 1 unspecified atom stereocenters. The lowest BCUT2D eigenvalue weighted by Gasteiger charge is -2.21. The number of hydrogen-bond acceptors (Lipinski definition) is 7. The lowest BCUT2D eigenvalue weighted by atomic mass is 10.0. The Bertz CT molecular complexity index is 1850. The summed E-state index contributed by atoms with van der Waals surface area (Å²) >= 11 is 0. The van der Waals surface area contributed by atoms with Crippen molar-refractivity contribution < 1.29 is 33.9 Å². The summed E-state index contributed by atoms with van der Waals surface area (Å²) in [6.07, 6.45) is 10.2. The van der Waals surface area contributed by atoms with Gasteiger partial charge in [-0.25, -0.2) is 30.3 Å². The largest absolute Gasteiger partial charge is 0.466 e. The van der Waals surface area contributed by atoms with E-state index in [1.807, 2.05) is 86.6 Å². The van der Waals surface area contributed by atoms with Crippen LogP contribution in [0, 0.1) is 13.1 Å². The first-order chi connectivity index (χ1) is 26.1. The van der Waals surface area contributed by atoms with E-state index in [2.05, 4.69) is 19.9 Å². The molecule has 4 aromatic carbocycles. The molecule has 11 nitrogen and oxygen atoms in total. The van der Waals surface area contributed by atoms with Crippen molar-refractivity contribution in [1.82, 2.24) is 11.0 Å². The summed E-state index contributed by atoms with van der Waals surface area (Å²) in [6.45, 7) is 18.3. The van der Waals surface area contributed by atoms with Crippen molar-refractivity contribution in [2.45, 2.75) is 39.4 Å². The molecule has 54 heavy (non-hydrogen) atoms. The number of hydrogen-bond donors (Lipinski definition) is 3. The van der Waals surface area contributed by atoms with E-state index in [1.165, 1.54) is 30.8 Å². The molecule has 276 valence electrons. The molecule has 1 aliphatic heterocycles. The third kappa shape index (κ3) is 15.3. The van der Waals surface area contributed by atoms with E-state index in [9.17, 15) is 14.4 Å². The van der Waals surface area contributed by atoms with Gasteiger partial charge in [0.05, 0.1) is 20.3 Å². The van der Waals surface area contributed by atoms with Crippen molar-refractivity contribution in [3.05, 3.63) is 155 Å². The topological polar surface area (TPSA) is 132 Å². The van der Waals surface area contributed by atoms with Crippen molar-refractivity contribution in [3.63, 3.8) is 0 Å². The van der Waals surface area contributed by atoms with Gasteiger partial charge >= 0.3 is 5.97 Å². The fourth-order valence-electron chi connectivity index (χ4n) is 4.69. The first-order valence-corrected chi connectivity index (χ1v) is 16.9. The first kappa shape index (κ1) is 41.8. The standard InChI is InChI=1S/C17H13NO2.C16H12N2O2.C10H17NO3/c1-18-16-10-8-15(9-11-16)14-6-3-13(4-7-14)5-12-17(19)20-2;1-17-15-9-7-14(8-10-15)13-5-2-12(3-6-13)4-11-16(19)18-20;1-8(2)7-9(12)11-14-10-5-3-4-6-13-10/h3-12H,2H3;2-11,20H,(H,18,19);7,10H,3-6H2,1-2H3,(H,11,12)/b12-5+;11-4+;. The maximum atomic E-state index is 11.1. The van der Waals surface area contributed by atoms with Crippen molar-refractivity contribution in [2.75, 3.05) is 13.7 Å². The molecular formula is C43H42N4O7. The minimum atomic E-state index is -0.566. The van der Waals surface area contributed by atoms with Crippen LogP contribution in [0.3, 0.4) is 0 Å². The number of amides is 2. The van der Waals surface area contributed by atoms with Crippen LogP contribution in [-0.4, -0.2) is 43.0 Å². The highest BCUT2D eigenvalue weighted by molar-refractivity contribution is 5.91. The molecule has 0 aromatic heterocycles. The number of carbonyl (C=O) groups excluding carboxylic acids is 3. The van der Waals surface area contributed by atoms with Gasteiger partial charge < -0.3 is 9.47 Å². The summed E-state index contributed by atoms with van der Waals surface area (Å²) < 4.78 is 9.81. The molecule has 0 spiro atoms. The van der Waals surface area contributed by atoms with Gasteiger partial charge in [0.2, 0.25) is 0 Å². The van der Waals surface area contributed by atoms with E-state index in [4.69, 9.17) is 27.9 Å². The molecule has 1 saturated heterocycles. The molecule has 0 aliphatic carbocycles. The quantitative estimate of drug-likeness (QED) is 0.0516. The third-order valence-corrected chi connectivity index (χ3v) is 7.48. The van der Waals surface area contributed by atoms with Gasteiger partial charge in [-0.3, -0.25) is 14.8 Å². The van der Waals surface area contributed by atoms with Gasteiger partial charge in [-0.05, 0) is 72.2 Å². The molecule has 5 rings (SSSR count). The molecule has 1 aliphatic rings. The molecule has 11 heteroatoms. The van der Waals surface area contributed by atoms with Gasteiger partial charge in [0.1, 0.15) is 0 Å². The van der Waals surface area contributed by atoms with Crippen molar-refractivity contribution in [3.8, 4) is 22.3 Å². The average Bonchev–Trinajstić information content (AvgIpc) is 3.22. The third-order valence-electron chi connectivity index (χ3n) is 7.48.